The maximum atomic E-state index is 13.1. The zero-order chi connectivity index (χ0) is 18.1. The Kier molecular flexibility index (Phi) is 4.53. The molecule has 0 N–H and O–H groups in total. The third-order valence-electron chi connectivity index (χ3n) is 5.52. The fraction of sp³-hybridized carbons (Fsp3) is 0.429. The minimum absolute atomic E-state index is 0.00403. The number of fused-ring (bicyclic) bond motifs is 1. The lowest BCUT2D eigenvalue weighted by molar-refractivity contribution is -0.123. The van der Waals surface area contributed by atoms with E-state index < -0.39 is 0 Å². The fourth-order valence-corrected chi connectivity index (χ4v) is 4.07. The zero-order valence-electron chi connectivity index (χ0n) is 15.1. The molecule has 1 aromatic carbocycles. The van der Waals surface area contributed by atoms with Crippen LogP contribution in [-0.4, -0.2) is 36.3 Å². The number of rotatable bonds is 2. The summed E-state index contributed by atoms with van der Waals surface area (Å²) < 4.78 is 5.00. The van der Waals surface area contributed by atoms with Gasteiger partial charge in [0.1, 0.15) is 6.26 Å². The molecular weight excluding hydrogens is 328 g/mol. The number of anilines is 1. The first kappa shape index (κ1) is 16.9. The summed E-state index contributed by atoms with van der Waals surface area (Å²) in [4.78, 5) is 29.3. The van der Waals surface area contributed by atoms with Crippen LogP contribution in [0, 0.1) is 12.8 Å². The molecule has 0 atom stereocenters. The van der Waals surface area contributed by atoms with Gasteiger partial charge in [-0.2, -0.15) is 0 Å². The van der Waals surface area contributed by atoms with E-state index in [1.807, 2.05) is 9.80 Å². The van der Waals surface area contributed by atoms with Gasteiger partial charge in [0, 0.05) is 31.2 Å². The molecule has 1 aromatic heterocycles. The molecule has 3 heterocycles. The van der Waals surface area contributed by atoms with Crippen LogP contribution in [0.15, 0.2) is 41.2 Å². The average molecular weight is 352 g/mol. The molecule has 4 rings (SSSR count). The number of furan rings is 1. The number of hydrogen-bond donors (Lipinski definition) is 0. The first-order valence-corrected chi connectivity index (χ1v) is 9.36. The summed E-state index contributed by atoms with van der Waals surface area (Å²) in [6.45, 7) is 4.13. The molecule has 0 saturated carbocycles. The number of aryl methyl sites for hydroxylation is 2. The number of hydrogen-bond acceptors (Lipinski definition) is 3. The van der Waals surface area contributed by atoms with Crippen LogP contribution in [0.5, 0.6) is 0 Å². The SMILES string of the molecule is Cc1ccc2c(c1)CCCN2C(=O)C1CCN(C(=O)c2ccoc2)CC1. The highest BCUT2D eigenvalue weighted by Crippen LogP contribution is 2.31. The highest BCUT2D eigenvalue weighted by Gasteiger charge is 2.32. The van der Waals surface area contributed by atoms with Gasteiger partial charge in [0.25, 0.3) is 5.91 Å². The smallest absolute Gasteiger partial charge is 0.257 e. The van der Waals surface area contributed by atoms with Crippen molar-refractivity contribution in [1.82, 2.24) is 4.90 Å². The van der Waals surface area contributed by atoms with E-state index in [0.29, 0.717) is 18.7 Å². The summed E-state index contributed by atoms with van der Waals surface area (Å²) in [6.07, 6.45) is 6.49. The molecule has 2 amide bonds. The van der Waals surface area contributed by atoms with Crippen molar-refractivity contribution in [1.29, 1.82) is 0 Å². The molecule has 0 bridgehead atoms. The van der Waals surface area contributed by atoms with Crippen LogP contribution in [0.1, 0.15) is 40.7 Å². The predicted molar refractivity (Wildman–Crippen MR) is 99.2 cm³/mol. The van der Waals surface area contributed by atoms with Crippen LogP contribution in [0.4, 0.5) is 5.69 Å². The first-order chi connectivity index (χ1) is 12.6. The van der Waals surface area contributed by atoms with Gasteiger partial charge < -0.3 is 14.2 Å². The lowest BCUT2D eigenvalue weighted by Crippen LogP contribution is -2.45. The lowest BCUT2D eigenvalue weighted by Gasteiger charge is -2.36. The van der Waals surface area contributed by atoms with Crippen LogP contribution in [-0.2, 0) is 11.2 Å². The van der Waals surface area contributed by atoms with Crippen LogP contribution in [0.2, 0.25) is 0 Å². The average Bonchev–Trinajstić information content (AvgIpc) is 3.21. The molecule has 0 radical (unpaired) electrons. The Bertz CT molecular complexity index is 805. The molecule has 26 heavy (non-hydrogen) atoms. The zero-order valence-corrected chi connectivity index (χ0v) is 15.1. The van der Waals surface area contributed by atoms with E-state index in [1.165, 1.54) is 23.7 Å². The summed E-state index contributed by atoms with van der Waals surface area (Å²) in [5.41, 5.74) is 4.17. The standard InChI is InChI=1S/C21H24N2O3/c1-15-4-5-19-17(13-15)3-2-9-23(19)21(25)16-6-10-22(11-7-16)20(24)18-8-12-26-14-18/h4-5,8,12-14,16H,2-3,6-7,9-11H2,1H3. The summed E-state index contributed by atoms with van der Waals surface area (Å²) in [5.74, 6) is 0.198. The van der Waals surface area contributed by atoms with Crippen molar-refractivity contribution in [3.05, 3.63) is 53.5 Å². The molecule has 5 nitrogen and oxygen atoms in total. The van der Waals surface area contributed by atoms with E-state index >= 15 is 0 Å². The van der Waals surface area contributed by atoms with E-state index in [2.05, 4.69) is 25.1 Å². The van der Waals surface area contributed by atoms with E-state index in [1.54, 1.807) is 6.07 Å². The maximum Gasteiger partial charge on any atom is 0.257 e. The van der Waals surface area contributed by atoms with Crippen LogP contribution >= 0.6 is 0 Å². The van der Waals surface area contributed by atoms with Crippen molar-refractivity contribution in [3.63, 3.8) is 0 Å². The summed E-state index contributed by atoms with van der Waals surface area (Å²) >= 11 is 0. The maximum absolute atomic E-state index is 13.1. The lowest BCUT2D eigenvalue weighted by atomic mass is 9.92. The predicted octanol–water partition coefficient (Wildman–Crippen LogP) is 3.42. The summed E-state index contributed by atoms with van der Waals surface area (Å²) in [5, 5.41) is 0. The Labute approximate surface area is 153 Å². The van der Waals surface area contributed by atoms with Gasteiger partial charge in [-0.3, -0.25) is 9.59 Å². The second kappa shape index (κ2) is 6.98. The van der Waals surface area contributed by atoms with E-state index in [4.69, 9.17) is 4.42 Å². The minimum atomic E-state index is -0.0107. The quantitative estimate of drug-likeness (QED) is 0.832. The van der Waals surface area contributed by atoms with Crippen molar-refractivity contribution in [2.45, 2.75) is 32.6 Å². The van der Waals surface area contributed by atoms with Crippen LogP contribution < -0.4 is 4.90 Å². The van der Waals surface area contributed by atoms with Crippen LogP contribution in [0.25, 0.3) is 0 Å². The monoisotopic (exact) mass is 352 g/mol. The van der Waals surface area contributed by atoms with E-state index in [9.17, 15) is 9.59 Å². The third-order valence-corrected chi connectivity index (χ3v) is 5.52. The van der Waals surface area contributed by atoms with E-state index in [0.717, 1.165) is 37.9 Å². The highest BCUT2D eigenvalue weighted by atomic mass is 16.3. The van der Waals surface area contributed by atoms with Gasteiger partial charge in [-0.25, -0.2) is 0 Å². The van der Waals surface area contributed by atoms with Gasteiger partial charge in [0.2, 0.25) is 5.91 Å². The molecule has 1 fully saturated rings. The molecular formula is C21H24N2O3. The second-order valence-corrected chi connectivity index (χ2v) is 7.30. The largest absolute Gasteiger partial charge is 0.472 e. The number of amides is 2. The molecule has 5 heteroatoms. The van der Waals surface area contributed by atoms with Crippen molar-refractivity contribution in [3.8, 4) is 0 Å². The third kappa shape index (κ3) is 3.14. The number of nitrogens with zero attached hydrogens (tertiary/aromatic N) is 2. The van der Waals surface area contributed by atoms with Gasteiger partial charge in [-0.15, -0.1) is 0 Å². The number of carbonyl (C=O) groups excluding carboxylic acids is 2. The van der Waals surface area contributed by atoms with Gasteiger partial charge in [-0.05, 0) is 50.3 Å². The van der Waals surface area contributed by atoms with Gasteiger partial charge >= 0.3 is 0 Å². The number of likely N-dealkylation sites (tertiary alicyclic amines) is 1. The Hall–Kier alpha value is -2.56. The topological polar surface area (TPSA) is 53.8 Å². The van der Waals surface area contributed by atoms with Gasteiger partial charge in [-0.1, -0.05) is 17.7 Å². The van der Waals surface area contributed by atoms with Crippen LogP contribution in [0.3, 0.4) is 0 Å². The Balaban J connectivity index is 1.42. The minimum Gasteiger partial charge on any atom is -0.472 e. The van der Waals surface area contributed by atoms with Gasteiger partial charge in [0.15, 0.2) is 0 Å². The number of benzene rings is 1. The Morgan fingerprint density at radius 3 is 2.65 bits per heavy atom. The summed E-state index contributed by atoms with van der Waals surface area (Å²) in [6, 6.07) is 8.04. The number of piperidine rings is 1. The molecule has 2 aliphatic rings. The van der Waals surface area contributed by atoms with Crippen molar-refractivity contribution in [2.24, 2.45) is 5.92 Å². The highest BCUT2D eigenvalue weighted by molar-refractivity contribution is 5.97. The fourth-order valence-electron chi connectivity index (χ4n) is 4.07. The Morgan fingerprint density at radius 2 is 1.92 bits per heavy atom. The molecule has 136 valence electrons. The Morgan fingerprint density at radius 1 is 1.12 bits per heavy atom. The van der Waals surface area contributed by atoms with Gasteiger partial charge in [0.05, 0.1) is 11.8 Å². The molecule has 2 aromatic rings. The second-order valence-electron chi connectivity index (χ2n) is 7.30. The van der Waals surface area contributed by atoms with Crippen molar-refractivity contribution in [2.75, 3.05) is 24.5 Å². The first-order valence-electron chi connectivity index (χ1n) is 9.36. The molecule has 1 saturated heterocycles. The summed E-state index contributed by atoms with van der Waals surface area (Å²) in [7, 11) is 0. The molecule has 0 aliphatic carbocycles. The van der Waals surface area contributed by atoms with E-state index in [-0.39, 0.29) is 17.7 Å². The molecule has 0 spiro atoms. The van der Waals surface area contributed by atoms with Crippen molar-refractivity contribution >= 4 is 17.5 Å². The number of carbonyl (C=O) groups is 2. The molecule has 0 unspecified atom stereocenters. The normalized spacial score (nSPS) is 17.9. The van der Waals surface area contributed by atoms with Crippen molar-refractivity contribution < 1.29 is 14.0 Å². The molecule has 2 aliphatic heterocycles.